The van der Waals surface area contributed by atoms with Crippen LogP contribution in [-0.2, 0) is 19.1 Å². The topological polar surface area (TPSA) is 52.6 Å². The van der Waals surface area contributed by atoms with E-state index >= 15 is 0 Å². The van der Waals surface area contributed by atoms with Crippen LogP contribution in [0.4, 0.5) is 0 Å². The largest absolute Gasteiger partial charge is 0.465 e. The Morgan fingerprint density at radius 3 is 2.20 bits per heavy atom. The van der Waals surface area contributed by atoms with Crippen molar-refractivity contribution in [3.05, 3.63) is 0 Å². The molecule has 1 aliphatic rings. The molecule has 20 heavy (non-hydrogen) atoms. The lowest BCUT2D eigenvalue weighted by molar-refractivity contribution is -0.165. The van der Waals surface area contributed by atoms with Gasteiger partial charge in [0.25, 0.3) is 0 Å². The van der Waals surface area contributed by atoms with Gasteiger partial charge in [0, 0.05) is 6.61 Å². The van der Waals surface area contributed by atoms with E-state index in [1.54, 1.807) is 6.92 Å². The maximum atomic E-state index is 12.8. The molecule has 0 heterocycles. The number of rotatable bonds is 7. The summed E-state index contributed by atoms with van der Waals surface area (Å²) in [5.41, 5.74) is -0.769. The summed E-state index contributed by atoms with van der Waals surface area (Å²) in [5, 5.41) is 0. The number of carbonyl (C=O) groups is 2. The monoisotopic (exact) mass is 284 g/mol. The number of Topliss-reactive ketones (excluding diaryl/α,β-unsaturated/α-hetero) is 1. The average Bonchev–Trinajstić information content (AvgIpc) is 2.43. The van der Waals surface area contributed by atoms with E-state index in [2.05, 4.69) is 6.92 Å². The van der Waals surface area contributed by atoms with Gasteiger partial charge < -0.3 is 9.47 Å². The van der Waals surface area contributed by atoms with Crippen molar-refractivity contribution in [3.63, 3.8) is 0 Å². The second-order valence-electron chi connectivity index (χ2n) is 5.69. The summed E-state index contributed by atoms with van der Waals surface area (Å²) < 4.78 is 10.9. The van der Waals surface area contributed by atoms with Crippen LogP contribution in [0.3, 0.4) is 0 Å². The van der Waals surface area contributed by atoms with E-state index < -0.39 is 17.5 Å². The lowest BCUT2D eigenvalue weighted by atomic mass is 9.73. The van der Waals surface area contributed by atoms with Crippen LogP contribution in [0.5, 0.6) is 0 Å². The van der Waals surface area contributed by atoms with Crippen LogP contribution in [0.1, 0.15) is 59.8 Å². The van der Waals surface area contributed by atoms with Crippen molar-refractivity contribution in [2.45, 2.75) is 65.4 Å². The number of ether oxygens (including phenoxy) is 2. The van der Waals surface area contributed by atoms with Gasteiger partial charge in [0.1, 0.15) is 11.5 Å². The Morgan fingerprint density at radius 2 is 1.75 bits per heavy atom. The molecule has 1 rings (SSSR count). The zero-order valence-corrected chi connectivity index (χ0v) is 13.2. The van der Waals surface area contributed by atoms with Gasteiger partial charge in [0.05, 0.1) is 6.61 Å². The molecule has 0 aromatic rings. The Bertz CT molecular complexity index is 329. The van der Waals surface area contributed by atoms with Crippen molar-refractivity contribution in [3.8, 4) is 0 Å². The van der Waals surface area contributed by atoms with Gasteiger partial charge in [0.15, 0.2) is 5.78 Å². The van der Waals surface area contributed by atoms with Crippen LogP contribution < -0.4 is 0 Å². The second-order valence-corrected chi connectivity index (χ2v) is 5.69. The maximum absolute atomic E-state index is 12.8. The molecule has 1 atom stereocenters. The summed E-state index contributed by atoms with van der Waals surface area (Å²) in [6, 6.07) is 0. The van der Waals surface area contributed by atoms with Gasteiger partial charge in [-0.15, -0.1) is 0 Å². The molecule has 1 aliphatic carbocycles. The molecule has 0 N–H and O–H groups in total. The molecule has 0 aliphatic heterocycles. The molecule has 0 spiro atoms. The number of carbonyl (C=O) groups excluding carboxylic acids is 2. The zero-order valence-electron chi connectivity index (χ0n) is 13.2. The summed E-state index contributed by atoms with van der Waals surface area (Å²) in [7, 11) is 0. The minimum absolute atomic E-state index is 0.0767. The maximum Gasteiger partial charge on any atom is 0.316 e. The third kappa shape index (κ3) is 3.81. The number of esters is 1. The van der Waals surface area contributed by atoms with Crippen LogP contribution >= 0.6 is 0 Å². The number of ketones is 1. The van der Waals surface area contributed by atoms with E-state index in [4.69, 9.17) is 9.47 Å². The van der Waals surface area contributed by atoms with Crippen LogP contribution in [0.2, 0.25) is 0 Å². The third-order valence-corrected chi connectivity index (χ3v) is 4.25. The Morgan fingerprint density at radius 1 is 1.15 bits per heavy atom. The molecule has 1 saturated carbocycles. The van der Waals surface area contributed by atoms with Crippen LogP contribution in [0.15, 0.2) is 0 Å². The fourth-order valence-corrected chi connectivity index (χ4v) is 2.99. The van der Waals surface area contributed by atoms with Crippen molar-refractivity contribution in [1.82, 2.24) is 0 Å². The van der Waals surface area contributed by atoms with Crippen LogP contribution in [0.25, 0.3) is 0 Å². The van der Waals surface area contributed by atoms with E-state index in [1.807, 2.05) is 13.8 Å². The first-order chi connectivity index (χ1) is 9.50. The summed E-state index contributed by atoms with van der Waals surface area (Å²) in [5.74, 6) is -0.543. The third-order valence-electron chi connectivity index (χ3n) is 4.25. The van der Waals surface area contributed by atoms with Crippen molar-refractivity contribution in [2.24, 2.45) is 11.8 Å². The van der Waals surface area contributed by atoms with E-state index in [9.17, 15) is 9.59 Å². The van der Waals surface area contributed by atoms with Crippen LogP contribution in [-0.4, -0.2) is 30.6 Å². The Balaban J connectivity index is 2.89. The summed E-state index contributed by atoms with van der Waals surface area (Å²) >= 11 is 0. The van der Waals surface area contributed by atoms with Crippen molar-refractivity contribution in [2.75, 3.05) is 13.2 Å². The molecule has 0 radical (unpaired) electrons. The quantitative estimate of drug-likeness (QED) is 0.532. The van der Waals surface area contributed by atoms with Gasteiger partial charge in [-0.1, -0.05) is 13.8 Å². The van der Waals surface area contributed by atoms with Gasteiger partial charge in [-0.25, -0.2) is 0 Å². The molecular formula is C16H28O4. The van der Waals surface area contributed by atoms with E-state index in [1.165, 1.54) is 0 Å². The fourth-order valence-electron chi connectivity index (χ4n) is 2.99. The minimum Gasteiger partial charge on any atom is -0.465 e. The lowest BCUT2D eigenvalue weighted by Crippen LogP contribution is -2.49. The van der Waals surface area contributed by atoms with Crippen molar-refractivity contribution in [1.29, 1.82) is 0 Å². The first-order valence-electron chi connectivity index (χ1n) is 7.85. The molecule has 0 aromatic heterocycles. The molecule has 0 amide bonds. The van der Waals surface area contributed by atoms with Gasteiger partial charge in [-0.05, 0) is 51.9 Å². The zero-order chi connectivity index (χ0) is 15.2. The smallest absolute Gasteiger partial charge is 0.316 e. The predicted octanol–water partition coefficient (Wildman–Crippen LogP) is 3.13. The highest BCUT2D eigenvalue weighted by molar-refractivity contribution is 6.03. The molecule has 1 unspecified atom stereocenters. The first-order valence-corrected chi connectivity index (χ1v) is 7.85. The predicted molar refractivity (Wildman–Crippen MR) is 77.4 cm³/mol. The lowest BCUT2D eigenvalue weighted by Gasteiger charge is -2.39. The van der Waals surface area contributed by atoms with Crippen molar-refractivity contribution < 1.29 is 19.1 Å². The normalized spacial score (nSPS) is 27.9. The van der Waals surface area contributed by atoms with Crippen molar-refractivity contribution >= 4 is 11.8 Å². The molecule has 116 valence electrons. The number of hydrogen-bond donors (Lipinski definition) is 0. The molecule has 0 aromatic carbocycles. The molecule has 4 heteroatoms. The highest BCUT2D eigenvalue weighted by atomic mass is 16.5. The first kappa shape index (κ1) is 17.2. The van der Waals surface area contributed by atoms with Gasteiger partial charge in [-0.2, -0.15) is 0 Å². The summed E-state index contributed by atoms with van der Waals surface area (Å²) in [4.78, 5) is 24.8. The minimum atomic E-state index is -0.769. The van der Waals surface area contributed by atoms with E-state index in [0.717, 1.165) is 25.7 Å². The summed E-state index contributed by atoms with van der Waals surface area (Å²) in [6.07, 6.45) is 3.87. The van der Waals surface area contributed by atoms with Gasteiger partial charge >= 0.3 is 5.97 Å². The molecule has 4 nitrogen and oxygen atoms in total. The SMILES string of the molecule is CCOC(=O)C(CC)C(=O)C1(OCC)CCC(C)CC1. The number of hydrogen-bond acceptors (Lipinski definition) is 4. The van der Waals surface area contributed by atoms with E-state index in [0.29, 0.717) is 25.6 Å². The van der Waals surface area contributed by atoms with Gasteiger partial charge in [0.2, 0.25) is 0 Å². The molecule has 0 saturated heterocycles. The summed E-state index contributed by atoms with van der Waals surface area (Å²) in [6.45, 7) is 8.52. The average molecular weight is 284 g/mol. The van der Waals surface area contributed by atoms with Crippen LogP contribution in [0, 0.1) is 11.8 Å². The Labute approximate surface area is 122 Å². The standard InChI is InChI=1S/C16H28O4/c1-5-13(15(18)19-6-2)14(17)16(20-7-3)10-8-12(4)9-11-16/h12-13H,5-11H2,1-4H3. The molecule has 0 bridgehead atoms. The molecular weight excluding hydrogens is 256 g/mol. The highest BCUT2D eigenvalue weighted by Gasteiger charge is 2.46. The second kappa shape index (κ2) is 7.77. The highest BCUT2D eigenvalue weighted by Crippen LogP contribution is 2.37. The fraction of sp³-hybridized carbons (Fsp3) is 0.875. The molecule has 1 fully saturated rings. The Hall–Kier alpha value is -0.900. The Kier molecular flexibility index (Phi) is 6.66. The van der Waals surface area contributed by atoms with E-state index in [-0.39, 0.29) is 5.78 Å². The van der Waals surface area contributed by atoms with Gasteiger partial charge in [-0.3, -0.25) is 9.59 Å².